The third kappa shape index (κ3) is 1.99. The number of carboxylic acids is 1. The highest BCUT2D eigenvalue weighted by Gasteiger charge is 2.26. The Morgan fingerprint density at radius 2 is 2.19 bits per heavy atom. The molecule has 0 atom stereocenters. The molecule has 6 nitrogen and oxygen atoms in total. The van der Waals surface area contributed by atoms with Gasteiger partial charge in [-0.3, -0.25) is 10.1 Å². The minimum absolute atomic E-state index is 0.177. The van der Waals surface area contributed by atoms with Crippen molar-refractivity contribution in [3.8, 4) is 5.75 Å². The molecule has 0 aliphatic rings. The fourth-order valence-corrected chi connectivity index (χ4v) is 1.79. The average molecular weight is 290 g/mol. The van der Waals surface area contributed by atoms with Gasteiger partial charge in [0.15, 0.2) is 0 Å². The predicted molar refractivity (Wildman–Crippen MR) is 58.8 cm³/mol. The number of phenols is 1. The molecule has 0 spiro atoms. The quantitative estimate of drug-likeness (QED) is 0.657. The molecule has 0 amide bonds. The molecule has 86 valence electrons. The van der Waals surface area contributed by atoms with Crippen LogP contribution in [0.5, 0.6) is 5.75 Å². The van der Waals surface area contributed by atoms with Crippen LogP contribution in [-0.2, 0) is 6.42 Å². The zero-order valence-electron chi connectivity index (χ0n) is 8.23. The van der Waals surface area contributed by atoms with E-state index in [1.807, 2.05) is 0 Å². The van der Waals surface area contributed by atoms with Crippen LogP contribution in [0.1, 0.15) is 22.8 Å². The van der Waals surface area contributed by atoms with E-state index in [4.69, 9.17) is 5.11 Å². The Labute approximate surface area is 98.8 Å². The highest BCUT2D eigenvalue weighted by atomic mass is 79.9. The number of halogens is 1. The largest absolute Gasteiger partial charge is 0.501 e. The highest BCUT2D eigenvalue weighted by Crippen LogP contribution is 2.39. The summed E-state index contributed by atoms with van der Waals surface area (Å²) in [4.78, 5) is 20.8. The number of nitrogens with zero attached hydrogens (tertiary/aromatic N) is 1. The fourth-order valence-electron chi connectivity index (χ4n) is 1.32. The summed E-state index contributed by atoms with van der Waals surface area (Å²) in [6.45, 7) is 1.64. The summed E-state index contributed by atoms with van der Waals surface area (Å²) in [7, 11) is 0. The van der Waals surface area contributed by atoms with E-state index in [-0.39, 0.29) is 22.0 Å². The number of benzene rings is 1. The Morgan fingerprint density at radius 3 is 2.56 bits per heavy atom. The third-order valence-corrected chi connectivity index (χ3v) is 2.89. The smallest absolute Gasteiger partial charge is 0.336 e. The van der Waals surface area contributed by atoms with Gasteiger partial charge in [0.2, 0.25) is 5.75 Å². The van der Waals surface area contributed by atoms with Crippen LogP contribution in [0.2, 0.25) is 0 Å². The van der Waals surface area contributed by atoms with Gasteiger partial charge in [0.25, 0.3) is 0 Å². The van der Waals surface area contributed by atoms with E-state index >= 15 is 0 Å². The van der Waals surface area contributed by atoms with E-state index in [9.17, 15) is 20.0 Å². The van der Waals surface area contributed by atoms with Gasteiger partial charge in [-0.25, -0.2) is 4.79 Å². The molecule has 0 aliphatic carbocycles. The first-order valence-corrected chi connectivity index (χ1v) is 5.11. The summed E-state index contributed by atoms with van der Waals surface area (Å²) in [5.74, 6) is -1.91. The monoisotopic (exact) mass is 289 g/mol. The molecule has 0 saturated heterocycles. The van der Waals surface area contributed by atoms with Crippen molar-refractivity contribution in [2.75, 3.05) is 0 Å². The number of rotatable bonds is 3. The van der Waals surface area contributed by atoms with E-state index < -0.39 is 22.3 Å². The van der Waals surface area contributed by atoms with Gasteiger partial charge >= 0.3 is 11.7 Å². The van der Waals surface area contributed by atoms with Crippen LogP contribution in [0.15, 0.2) is 10.5 Å². The molecule has 1 rings (SSSR count). The Balaban J connectivity index is 3.61. The summed E-state index contributed by atoms with van der Waals surface area (Å²) in [6, 6.07) is 1.18. The minimum atomic E-state index is -1.26. The fraction of sp³-hybridized carbons (Fsp3) is 0.222. The summed E-state index contributed by atoms with van der Waals surface area (Å²) in [5, 5.41) is 29.1. The summed E-state index contributed by atoms with van der Waals surface area (Å²) >= 11 is 2.83. The number of carboxylic acid groups (broad SMARTS) is 1. The second-order valence-corrected chi connectivity index (χ2v) is 3.80. The maximum atomic E-state index is 10.8. The van der Waals surface area contributed by atoms with E-state index in [2.05, 4.69) is 15.9 Å². The van der Waals surface area contributed by atoms with Crippen LogP contribution in [0.4, 0.5) is 5.69 Å². The van der Waals surface area contributed by atoms with Crippen LogP contribution in [0.25, 0.3) is 0 Å². The standard InChI is InChI=1S/C9H8BrNO5/c1-2-4-3-5(9(13)14)6(10)8(12)7(4)11(15)16/h3,12H,2H2,1H3,(H,13,14). The van der Waals surface area contributed by atoms with Crippen molar-refractivity contribution in [3.05, 3.63) is 31.8 Å². The SMILES string of the molecule is CCc1cc(C(=O)O)c(Br)c(O)c1[N+](=O)[O-]. The summed E-state index contributed by atoms with van der Waals surface area (Å²) in [5.41, 5.74) is -0.470. The number of hydrogen-bond acceptors (Lipinski definition) is 4. The molecule has 1 aromatic carbocycles. The molecule has 2 N–H and O–H groups in total. The second-order valence-electron chi connectivity index (χ2n) is 3.01. The summed E-state index contributed by atoms with van der Waals surface area (Å²) < 4.78 is -0.177. The maximum Gasteiger partial charge on any atom is 0.336 e. The molecule has 0 heterocycles. The number of aromatic hydroxyl groups is 1. The van der Waals surface area contributed by atoms with Gasteiger partial charge in [-0.15, -0.1) is 0 Å². The first-order valence-electron chi connectivity index (χ1n) is 4.32. The number of nitro benzene ring substituents is 1. The van der Waals surface area contributed by atoms with E-state index in [0.717, 1.165) is 0 Å². The van der Waals surface area contributed by atoms with Gasteiger partial charge in [-0.05, 0) is 28.4 Å². The van der Waals surface area contributed by atoms with E-state index in [1.54, 1.807) is 6.92 Å². The molecular formula is C9H8BrNO5. The van der Waals surface area contributed by atoms with Crippen molar-refractivity contribution in [3.63, 3.8) is 0 Å². The number of aryl methyl sites for hydroxylation is 1. The van der Waals surface area contributed by atoms with Crippen molar-refractivity contribution >= 4 is 27.6 Å². The molecule has 0 fully saturated rings. The molecule has 7 heteroatoms. The predicted octanol–water partition coefficient (Wildman–Crippen LogP) is 2.32. The van der Waals surface area contributed by atoms with Crippen molar-refractivity contribution in [2.45, 2.75) is 13.3 Å². The Hall–Kier alpha value is -1.63. The van der Waals surface area contributed by atoms with Crippen molar-refractivity contribution in [1.82, 2.24) is 0 Å². The molecule has 0 saturated carbocycles. The second kappa shape index (κ2) is 4.48. The highest BCUT2D eigenvalue weighted by molar-refractivity contribution is 9.10. The van der Waals surface area contributed by atoms with Crippen LogP contribution in [-0.4, -0.2) is 21.1 Å². The number of nitro groups is 1. The Kier molecular flexibility index (Phi) is 3.48. The number of phenolic OH excluding ortho intramolecular Hbond substituents is 1. The Bertz CT molecular complexity index is 471. The number of hydrogen-bond donors (Lipinski definition) is 2. The Morgan fingerprint density at radius 1 is 1.62 bits per heavy atom. The van der Waals surface area contributed by atoms with Gasteiger partial charge in [-0.1, -0.05) is 6.92 Å². The molecule has 16 heavy (non-hydrogen) atoms. The average Bonchev–Trinajstić information content (AvgIpc) is 2.20. The van der Waals surface area contributed by atoms with Crippen molar-refractivity contribution in [2.24, 2.45) is 0 Å². The number of carbonyl (C=O) groups is 1. The normalized spacial score (nSPS) is 10.1. The van der Waals surface area contributed by atoms with Crippen LogP contribution < -0.4 is 0 Å². The zero-order valence-corrected chi connectivity index (χ0v) is 9.81. The van der Waals surface area contributed by atoms with Crippen LogP contribution in [0.3, 0.4) is 0 Å². The van der Waals surface area contributed by atoms with Crippen LogP contribution >= 0.6 is 15.9 Å². The molecule has 0 aromatic heterocycles. The molecule has 0 bridgehead atoms. The van der Waals surface area contributed by atoms with Crippen molar-refractivity contribution < 1.29 is 19.9 Å². The molecule has 1 aromatic rings. The molecule has 0 unspecified atom stereocenters. The number of aromatic carboxylic acids is 1. The molecular weight excluding hydrogens is 282 g/mol. The third-order valence-electron chi connectivity index (χ3n) is 2.09. The van der Waals surface area contributed by atoms with Gasteiger partial charge < -0.3 is 10.2 Å². The first-order chi connectivity index (χ1) is 7.40. The lowest BCUT2D eigenvalue weighted by atomic mass is 10.1. The lowest BCUT2D eigenvalue weighted by Crippen LogP contribution is -2.03. The van der Waals surface area contributed by atoms with Crippen molar-refractivity contribution in [1.29, 1.82) is 0 Å². The van der Waals surface area contributed by atoms with Gasteiger partial charge in [-0.2, -0.15) is 0 Å². The maximum absolute atomic E-state index is 10.8. The minimum Gasteiger partial charge on any atom is -0.501 e. The van der Waals surface area contributed by atoms with Gasteiger partial charge in [0, 0.05) is 5.56 Å². The zero-order chi connectivity index (χ0) is 12.5. The molecule has 0 aliphatic heterocycles. The lowest BCUT2D eigenvalue weighted by molar-refractivity contribution is -0.386. The van der Waals surface area contributed by atoms with Crippen LogP contribution in [0, 0.1) is 10.1 Å². The summed E-state index contributed by atoms with van der Waals surface area (Å²) in [6.07, 6.45) is 0.261. The van der Waals surface area contributed by atoms with E-state index in [0.29, 0.717) is 0 Å². The first kappa shape index (κ1) is 12.4. The molecule has 0 radical (unpaired) electrons. The van der Waals surface area contributed by atoms with Gasteiger partial charge in [0.1, 0.15) is 0 Å². The topological polar surface area (TPSA) is 101 Å². The lowest BCUT2D eigenvalue weighted by Gasteiger charge is -2.07. The van der Waals surface area contributed by atoms with E-state index in [1.165, 1.54) is 6.07 Å². The van der Waals surface area contributed by atoms with Gasteiger partial charge in [0.05, 0.1) is 15.0 Å².